The van der Waals surface area contributed by atoms with Crippen molar-refractivity contribution in [1.29, 1.82) is 0 Å². The molecule has 9 nitrogen and oxygen atoms in total. The van der Waals surface area contributed by atoms with Gasteiger partial charge in [0.1, 0.15) is 12.0 Å². The Bertz CT molecular complexity index is 731. The van der Waals surface area contributed by atoms with Crippen molar-refractivity contribution in [3.63, 3.8) is 0 Å². The third-order valence-corrected chi connectivity index (χ3v) is 3.92. The van der Waals surface area contributed by atoms with E-state index in [2.05, 4.69) is 25.7 Å². The van der Waals surface area contributed by atoms with Crippen LogP contribution in [0.5, 0.6) is 0 Å². The maximum atomic E-state index is 12.1. The molecule has 0 spiro atoms. The van der Waals surface area contributed by atoms with Crippen LogP contribution in [0.15, 0.2) is 35.5 Å². The van der Waals surface area contributed by atoms with Crippen LogP contribution in [-0.2, 0) is 10.0 Å². The van der Waals surface area contributed by atoms with Crippen LogP contribution in [0, 0.1) is 6.92 Å². The van der Waals surface area contributed by atoms with Gasteiger partial charge in [0.2, 0.25) is 0 Å². The Balaban J connectivity index is 2.17. The van der Waals surface area contributed by atoms with Gasteiger partial charge in [-0.2, -0.15) is 0 Å². The van der Waals surface area contributed by atoms with Gasteiger partial charge in [0.25, 0.3) is 10.0 Å². The minimum Gasteiger partial charge on any atom is -0.393 e. The van der Waals surface area contributed by atoms with Gasteiger partial charge < -0.3 is 11.2 Å². The largest absolute Gasteiger partial charge is 0.393 e. The van der Waals surface area contributed by atoms with Crippen LogP contribution >= 0.6 is 0 Å². The summed E-state index contributed by atoms with van der Waals surface area (Å²) in [4.78, 5) is 9.91. The monoisotopic (exact) mass is 309 g/mol. The Morgan fingerprint density at radius 1 is 1.10 bits per heavy atom. The number of hydrogen-bond donors (Lipinski definition) is 5. The minimum atomic E-state index is -3.74. The summed E-state index contributed by atoms with van der Waals surface area (Å²) in [7, 11) is -3.74. The molecule has 21 heavy (non-hydrogen) atoms. The number of hydrazine groups is 2. The van der Waals surface area contributed by atoms with E-state index in [1.807, 2.05) is 6.92 Å². The second kappa shape index (κ2) is 5.91. The lowest BCUT2D eigenvalue weighted by atomic mass is 10.2. The van der Waals surface area contributed by atoms with Crippen molar-refractivity contribution in [2.45, 2.75) is 11.8 Å². The van der Waals surface area contributed by atoms with Gasteiger partial charge in [-0.25, -0.2) is 24.2 Å². The molecule has 0 aliphatic carbocycles. The van der Waals surface area contributed by atoms with Gasteiger partial charge in [0.05, 0.1) is 4.90 Å². The number of aryl methyl sites for hydroxylation is 1. The highest BCUT2D eigenvalue weighted by Gasteiger charge is 2.15. The number of sulfonamides is 1. The Kier molecular flexibility index (Phi) is 4.21. The van der Waals surface area contributed by atoms with Gasteiger partial charge in [0.15, 0.2) is 11.6 Å². The second-order valence-corrected chi connectivity index (χ2v) is 5.85. The Labute approximate surface area is 121 Å². The summed E-state index contributed by atoms with van der Waals surface area (Å²) in [5.74, 6) is 5.49. The maximum Gasteiger partial charge on any atom is 0.257 e. The highest BCUT2D eigenvalue weighted by Crippen LogP contribution is 2.20. The topological polar surface area (TPSA) is 148 Å². The molecule has 112 valence electrons. The highest BCUT2D eigenvalue weighted by molar-refractivity contribution is 7.89. The average molecular weight is 309 g/mol. The van der Waals surface area contributed by atoms with Gasteiger partial charge in [0, 0.05) is 0 Å². The van der Waals surface area contributed by atoms with Crippen molar-refractivity contribution in [3.05, 3.63) is 36.2 Å². The smallest absolute Gasteiger partial charge is 0.257 e. The highest BCUT2D eigenvalue weighted by atomic mass is 32.2. The molecule has 0 unspecified atom stereocenters. The SMILES string of the molecule is Cc1ccc(S(=O)(=O)NNc2ncnc(NN)c2N)cc1. The number of nitrogens with one attached hydrogen (secondary N) is 3. The van der Waals surface area contributed by atoms with Crippen LogP contribution in [-0.4, -0.2) is 18.4 Å². The molecule has 0 aliphatic heterocycles. The average Bonchev–Trinajstić information content (AvgIpc) is 2.47. The van der Waals surface area contributed by atoms with Crippen molar-refractivity contribution in [2.24, 2.45) is 5.84 Å². The number of aromatic nitrogens is 2. The summed E-state index contributed by atoms with van der Waals surface area (Å²) in [5, 5.41) is 0. The molecule has 2 rings (SSSR count). The number of anilines is 3. The minimum absolute atomic E-state index is 0.0895. The van der Waals surface area contributed by atoms with E-state index in [0.29, 0.717) is 0 Å². The van der Waals surface area contributed by atoms with Crippen molar-refractivity contribution in [1.82, 2.24) is 14.8 Å². The van der Waals surface area contributed by atoms with E-state index < -0.39 is 10.0 Å². The van der Waals surface area contributed by atoms with E-state index in [9.17, 15) is 8.42 Å². The van der Waals surface area contributed by atoms with E-state index in [-0.39, 0.29) is 22.2 Å². The predicted octanol–water partition coefficient (Wildman–Crippen LogP) is -0.0418. The molecule has 1 heterocycles. The Hall–Kier alpha value is -2.43. The molecule has 7 N–H and O–H groups in total. The quantitative estimate of drug-likeness (QED) is 0.381. The summed E-state index contributed by atoms with van der Waals surface area (Å²) in [6.07, 6.45) is 1.19. The van der Waals surface area contributed by atoms with Gasteiger partial charge in [-0.15, -0.1) is 4.83 Å². The van der Waals surface area contributed by atoms with E-state index >= 15 is 0 Å². The van der Waals surface area contributed by atoms with Crippen molar-refractivity contribution >= 4 is 27.3 Å². The van der Waals surface area contributed by atoms with Crippen LogP contribution in [0.1, 0.15) is 5.56 Å². The molecular formula is C11H15N7O2S. The van der Waals surface area contributed by atoms with Gasteiger partial charge in [-0.3, -0.25) is 5.43 Å². The molecule has 0 amide bonds. The standard InChI is InChI=1S/C11H15N7O2S/c1-7-2-4-8(5-3-7)21(19,20)18-17-11-9(12)10(16-13)14-6-15-11/h2-6,18H,12-13H2,1H3,(H2,14,15,16,17). The third-order valence-electron chi connectivity index (χ3n) is 2.66. The molecule has 0 saturated carbocycles. The fourth-order valence-corrected chi connectivity index (χ4v) is 2.35. The first-order valence-corrected chi connectivity index (χ1v) is 7.34. The Morgan fingerprint density at radius 2 is 1.71 bits per heavy atom. The van der Waals surface area contributed by atoms with E-state index in [1.165, 1.54) is 18.5 Å². The number of nitrogens with two attached hydrogens (primary N) is 2. The molecule has 0 fully saturated rings. The molecule has 1 aromatic heterocycles. The number of rotatable bonds is 5. The summed E-state index contributed by atoms with van der Waals surface area (Å²) >= 11 is 0. The number of benzene rings is 1. The summed E-state index contributed by atoms with van der Waals surface area (Å²) in [6, 6.07) is 6.39. The van der Waals surface area contributed by atoms with Crippen LogP contribution in [0.3, 0.4) is 0 Å². The maximum absolute atomic E-state index is 12.1. The molecule has 0 saturated heterocycles. The van der Waals surface area contributed by atoms with Gasteiger partial charge in [-0.1, -0.05) is 17.7 Å². The lowest BCUT2D eigenvalue weighted by molar-refractivity contribution is 0.587. The van der Waals surface area contributed by atoms with E-state index in [4.69, 9.17) is 11.6 Å². The second-order valence-electron chi connectivity index (χ2n) is 4.17. The van der Waals surface area contributed by atoms with Crippen molar-refractivity contribution in [2.75, 3.05) is 16.6 Å². The zero-order valence-corrected chi connectivity index (χ0v) is 12.0. The fourth-order valence-electron chi connectivity index (χ4n) is 1.50. The molecule has 2 aromatic rings. The van der Waals surface area contributed by atoms with E-state index in [0.717, 1.165) is 5.56 Å². The molecule has 0 aliphatic rings. The lowest BCUT2D eigenvalue weighted by Crippen LogP contribution is -2.30. The summed E-state index contributed by atoms with van der Waals surface area (Å²) in [6.45, 7) is 1.87. The summed E-state index contributed by atoms with van der Waals surface area (Å²) in [5.41, 5.74) is 11.5. The van der Waals surface area contributed by atoms with Crippen LogP contribution in [0.4, 0.5) is 17.3 Å². The van der Waals surface area contributed by atoms with Crippen molar-refractivity contribution < 1.29 is 8.42 Å². The first kappa shape index (κ1) is 15.0. The first-order valence-electron chi connectivity index (χ1n) is 5.85. The first-order chi connectivity index (χ1) is 9.94. The van der Waals surface area contributed by atoms with Crippen LogP contribution in [0.25, 0.3) is 0 Å². The molecule has 0 bridgehead atoms. The molecule has 0 radical (unpaired) electrons. The molecular weight excluding hydrogens is 294 g/mol. The van der Waals surface area contributed by atoms with Crippen LogP contribution in [0.2, 0.25) is 0 Å². The van der Waals surface area contributed by atoms with Gasteiger partial charge >= 0.3 is 0 Å². The van der Waals surface area contributed by atoms with Crippen molar-refractivity contribution in [3.8, 4) is 0 Å². The summed E-state index contributed by atoms with van der Waals surface area (Å²) < 4.78 is 24.2. The van der Waals surface area contributed by atoms with Crippen LogP contribution < -0.4 is 27.3 Å². The third kappa shape index (κ3) is 3.37. The van der Waals surface area contributed by atoms with E-state index in [1.54, 1.807) is 12.1 Å². The number of nitrogens with zero attached hydrogens (tertiary/aromatic N) is 2. The Morgan fingerprint density at radius 3 is 2.33 bits per heavy atom. The normalized spacial score (nSPS) is 11.1. The lowest BCUT2D eigenvalue weighted by Gasteiger charge is -2.12. The fraction of sp³-hybridized carbons (Fsp3) is 0.0909. The van der Waals surface area contributed by atoms with Gasteiger partial charge in [-0.05, 0) is 19.1 Å². The molecule has 10 heteroatoms. The zero-order valence-electron chi connectivity index (χ0n) is 11.2. The number of hydrogen-bond acceptors (Lipinski definition) is 8. The zero-order chi connectivity index (χ0) is 15.5. The molecule has 0 atom stereocenters. The molecule has 1 aromatic carbocycles. The number of nitrogen functional groups attached to an aromatic ring is 2. The predicted molar refractivity (Wildman–Crippen MR) is 79.4 cm³/mol.